The van der Waals surface area contributed by atoms with Gasteiger partial charge in [-0.05, 0) is 61.9 Å². The van der Waals surface area contributed by atoms with Crippen LogP contribution in [0.3, 0.4) is 0 Å². The number of hydrogen-bond acceptors (Lipinski definition) is 5. The lowest BCUT2D eigenvalue weighted by Gasteiger charge is -2.17. The smallest absolute Gasteiger partial charge is 0.240 e. The van der Waals surface area contributed by atoms with Crippen LogP contribution in [0.4, 0.5) is 17.1 Å². The third kappa shape index (κ3) is 6.17. The van der Waals surface area contributed by atoms with Gasteiger partial charge >= 0.3 is 0 Å². The SMILES string of the molecule is CCC(C)NS(=O)(=O)c1ccc(NC(=O)C2CC(=O)N(c3ccc(NC(C)=O)cc3)C2)cc1. The second kappa shape index (κ2) is 10.1. The number of nitrogens with zero attached hydrogens (tertiary/aromatic N) is 1. The predicted octanol–water partition coefficient (Wildman–Crippen LogP) is 2.71. The number of benzene rings is 2. The van der Waals surface area contributed by atoms with Gasteiger partial charge in [-0.25, -0.2) is 13.1 Å². The quantitative estimate of drug-likeness (QED) is 0.545. The monoisotopic (exact) mass is 472 g/mol. The van der Waals surface area contributed by atoms with Gasteiger partial charge in [-0.15, -0.1) is 0 Å². The molecule has 1 heterocycles. The van der Waals surface area contributed by atoms with Gasteiger partial charge in [-0.3, -0.25) is 14.4 Å². The molecule has 0 radical (unpaired) electrons. The molecule has 1 fully saturated rings. The van der Waals surface area contributed by atoms with Crippen LogP contribution in [0.2, 0.25) is 0 Å². The summed E-state index contributed by atoms with van der Waals surface area (Å²) in [5.41, 5.74) is 1.72. The van der Waals surface area contributed by atoms with Gasteiger partial charge in [-0.1, -0.05) is 6.92 Å². The van der Waals surface area contributed by atoms with Gasteiger partial charge in [0, 0.05) is 43.0 Å². The maximum absolute atomic E-state index is 12.7. The molecule has 2 aromatic carbocycles. The number of hydrogen-bond donors (Lipinski definition) is 3. The van der Waals surface area contributed by atoms with Crippen molar-refractivity contribution in [3.8, 4) is 0 Å². The van der Waals surface area contributed by atoms with Crippen LogP contribution in [0.25, 0.3) is 0 Å². The molecule has 0 aliphatic carbocycles. The molecule has 0 saturated carbocycles. The molecule has 2 aromatic rings. The maximum Gasteiger partial charge on any atom is 0.240 e. The lowest BCUT2D eigenvalue weighted by atomic mass is 10.1. The van der Waals surface area contributed by atoms with Crippen molar-refractivity contribution in [3.05, 3.63) is 48.5 Å². The van der Waals surface area contributed by atoms with E-state index in [9.17, 15) is 22.8 Å². The zero-order chi connectivity index (χ0) is 24.2. The highest BCUT2D eigenvalue weighted by atomic mass is 32.2. The van der Waals surface area contributed by atoms with Gasteiger partial charge in [0.2, 0.25) is 27.7 Å². The highest BCUT2D eigenvalue weighted by Gasteiger charge is 2.35. The number of carbonyl (C=O) groups is 3. The molecule has 33 heavy (non-hydrogen) atoms. The standard InChI is InChI=1S/C23H28N4O5S/c1-4-15(2)26-33(31,32)21-11-7-19(8-12-21)25-23(30)17-13-22(29)27(14-17)20-9-5-18(6-10-20)24-16(3)28/h5-12,15,17,26H,4,13-14H2,1-3H3,(H,24,28)(H,25,30). The minimum Gasteiger partial charge on any atom is -0.326 e. The molecule has 1 saturated heterocycles. The van der Waals surface area contributed by atoms with Crippen molar-refractivity contribution in [2.24, 2.45) is 5.92 Å². The van der Waals surface area contributed by atoms with Gasteiger partial charge in [0.25, 0.3) is 0 Å². The van der Waals surface area contributed by atoms with Crippen LogP contribution in [0.5, 0.6) is 0 Å². The van der Waals surface area contributed by atoms with E-state index in [0.717, 1.165) is 0 Å². The Labute approximate surface area is 193 Å². The third-order valence-electron chi connectivity index (χ3n) is 5.40. The molecule has 10 heteroatoms. The van der Waals surface area contributed by atoms with Crippen LogP contribution >= 0.6 is 0 Å². The van der Waals surface area contributed by atoms with E-state index in [1.54, 1.807) is 31.2 Å². The minimum absolute atomic E-state index is 0.0740. The fourth-order valence-electron chi connectivity index (χ4n) is 3.44. The predicted molar refractivity (Wildman–Crippen MR) is 126 cm³/mol. The average Bonchev–Trinajstić information content (AvgIpc) is 3.15. The normalized spacial score (nSPS) is 17.0. The number of carbonyl (C=O) groups excluding carboxylic acids is 3. The molecule has 0 aromatic heterocycles. The van der Waals surface area contributed by atoms with Crippen LogP contribution < -0.4 is 20.3 Å². The molecular formula is C23H28N4O5S. The number of sulfonamides is 1. The Balaban J connectivity index is 1.62. The van der Waals surface area contributed by atoms with Gasteiger partial charge in [-0.2, -0.15) is 0 Å². The largest absolute Gasteiger partial charge is 0.326 e. The van der Waals surface area contributed by atoms with E-state index in [1.165, 1.54) is 36.1 Å². The zero-order valence-corrected chi connectivity index (χ0v) is 19.6. The first-order valence-corrected chi connectivity index (χ1v) is 12.2. The van der Waals surface area contributed by atoms with Crippen LogP contribution in [-0.4, -0.2) is 38.7 Å². The minimum atomic E-state index is -3.62. The summed E-state index contributed by atoms with van der Waals surface area (Å²) in [6.07, 6.45) is 0.745. The number of anilines is 3. The van der Waals surface area contributed by atoms with Crippen LogP contribution in [-0.2, 0) is 24.4 Å². The Morgan fingerprint density at radius 1 is 1.03 bits per heavy atom. The lowest BCUT2D eigenvalue weighted by Crippen LogP contribution is -2.32. The molecule has 3 amide bonds. The Morgan fingerprint density at radius 3 is 2.18 bits per heavy atom. The number of nitrogens with one attached hydrogen (secondary N) is 3. The molecule has 3 rings (SSSR count). The molecule has 176 valence electrons. The first kappa shape index (κ1) is 24.4. The molecular weight excluding hydrogens is 444 g/mol. The summed E-state index contributed by atoms with van der Waals surface area (Å²) in [5, 5.41) is 5.42. The van der Waals surface area contributed by atoms with E-state index in [-0.39, 0.29) is 41.6 Å². The molecule has 2 atom stereocenters. The summed E-state index contributed by atoms with van der Waals surface area (Å²) in [4.78, 5) is 38.0. The van der Waals surface area contributed by atoms with E-state index >= 15 is 0 Å². The van der Waals surface area contributed by atoms with Crippen molar-refractivity contribution < 1.29 is 22.8 Å². The van der Waals surface area contributed by atoms with Crippen LogP contribution in [0.15, 0.2) is 53.4 Å². The number of rotatable bonds is 8. The third-order valence-corrected chi connectivity index (χ3v) is 7.00. The Kier molecular flexibility index (Phi) is 7.50. The summed E-state index contributed by atoms with van der Waals surface area (Å²) in [6, 6.07) is 12.6. The summed E-state index contributed by atoms with van der Waals surface area (Å²) < 4.78 is 27.3. The van der Waals surface area contributed by atoms with Crippen molar-refractivity contribution in [2.75, 3.05) is 22.1 Å². The molecule has 2 unspecified atom stereocenters. The molecule has 0 spiro atoms. The van der Waals surface area contributed by atoms with Gasteiger partial charge in [0.05, 0.1) is 10.8 Å². The molecule has 9 nitrogen and oxygen atoms in total. The topological polar surface area (TPSA) is 125 Å². The molecule has 1 aliphatic heterocycles. The highest BCUT2D eigenvalue weighted by Crippen LogP contribution is 2.27. The maximum atomic E-state index is 12.7. The summed E-state index contributed by atoms with van der Waals surface area (Å²) in [6.45, 7) is 5.32. The van der Waals surface area contributed by atoms with E-state index < -0.39 is 15.9 Å². The van der Waals surface area contributed by atoms with Crippen molar-refractivity contribution in [1.82, 2.24) is 4.72 Å². The number of amides is 3. The van der Waals surface area contributed by atoms with E-state index in [1.807, 2.05) is 6.92 Å². The first-order valence-electron chi connectivity index (χ1n) is 10.7. The second-order valence-corrected chi connectivity index (χ2v) is 9.79. The summed E-state index contributed by atoms with van der Waals surface area (Å²) in [7, 11) is -3.62. The van der Waals surface area contributed by atoms with Crippen molar-refractivity contribution in [1.29, 1.82) is 0 Å². The van der Waals surface area contributed by atoms with Crippen LogP contribution in [0.1, 0.15) is 33.6 Å². The Bertz CT molecular complexity index is 1130. The highest BCUT2D eigenvalue weighted by molar-refractivity contribution is 7.89. The Hall–Kier alpha value is -3.24. The average molecular weight is 473 g/mol. The van der Waals surface area contributed by atoms with Crippen molar-refractivity contribution in [2.45, 2.75) is 44.6 Å². The molecule has 0 bridgehead atoms. The molecule has 3 N–H and O–H groups in total. The summed E-state index contributed by atoms with van der Waals surface area (Å²) in [5.74, 6) is -1.20. The fourth-order valence-corrected chi connectivity index (χ4v) is 4.77. The van der Waals surface area contributed by atoms with E-state index in [4.69, 9.17) is 0 Å². The Morgan fingerprint density at radius 2 is 1.61 bits per heavy atom. The van der Waals surface area contributed by atoms with Gasteiger partial charge in [0.15, 0.2) is 0 Å². The fraction of sp³-hybridized carbons (Fsp3) is 0.348. The van der Waals surface area contributed by atoms with Crippen LogP contribution in [0, 0.1) is 5.92 Å². The summed E-state index contributed by atoms with van der Waals surface area (Å²) >= 11 is 0. The first-order chi connectivity index (χ1) is 15.6. The van der Waals surface area contributed by atoms with E-state index in [2.05, 4.69) is 15.4 Å². The van der Waals surface area contributed by atoms with Crippen molar-refractivity contribution >= 4 is 44.8 Å². The van der Waals surface area contributed by atoms with Gasteiger partial charge < -0.3 is 15.5 Å². The molecule has 1 aliphatic rings. The zero-order valence-electron chi connectivity index (χ0n) is 18.8. The van der Waals surface area contributed by atoms with E-state index in [0.29, 0.717) is 23.5 Å². The van der Waals surface area contributed by atoms with Gasteiger partial charge in [0.1, 0.15) is 0 Å². The lowest BCUT2D eigenvalue weighted by molar-refractivity contribution is -0.122. The second-order valence-electron chi connectivity index (χ2n) is 8.08. The van der Waals surface area contributed by atoms with Crippen molar-refractivity contribution in [3.63, 3.8) is 0 Å².